The summed E-state index contributed by atoms with van der Waals surface area (Å²) in [5.74, 6) is 1.59. The molecule has 1 aliphatic carbocycles. The predicted octanol–water partition coefficient (Wildman–Crippen LogP) is 2.48. The highest BCUT2D eigenvalue weighted by Gasteiger charge is 2.31. The van der Waals surface area contributed by atoms with Crippen LogP contribution in [0.5, 0.6) is 0 Å². The maximum Gasteiger partial charge on any atom is 0.127 e. The van der Waals surface area contributed by atoms with E-state index in [2.05, 4.69) is 22.5 Å². The minimum Gasteiger partial charge on any atom is -0.388 e. The molecule has 1 fully saturated rings. The van der Waals surface area contributed by atoms with E-state index in [-0.39, 0.29) is 0 Å². The zero-order valence-corrected chi connectivity index (χ0v) is 11.2. The monoisotopic (exact) mass is 249 g/mol. The number of anilines is 2. The summed E-state index contributed by atoms with van der Waals surface area (Å²) >= 11 is 0. The molecule has 1 heterocycles. The Bertz CT molecular complexity index is 386. The lowest BCUT2D eigenvalue weighted by Crippen LogP contribution is -2.40. The van der Waals surface area contributed by atoms with Gasteiger partial charge in [-0.2, -0.15) is 0 Å². The van der Waals surface area contributed by atoms with Gasteiger partial charge in [-0.25, -0.2) is 4.98 Å². The van der Waals surface area contributed by atoms with Crippen LogP contribution in [0.15, 0.2) is 18.3 Å². The second-order valence-corrected chi connectivity index (χ2v) is 5.44. The first-order valence-corrected chi connectivity index (χ1v) is 6.71. The van der Waals surface area contributed by atoms with Crippen LogP contribution in [-0.2, 0) is 0 Å². The molecule has 0 saturated heterocycles. The molecule has 18 heavy (non-hydrogen) atoms. The van der Waals surface area contributed by atoms with Gasteiger partial charge in [0.25, 0.3) is 0 Å². The Balaban J connectivity index is 1.90. The third-order valence-corrected chi connectivity index (χ3v) is 3.84. The highest BCUT2D eigenvalue weighted by Crippen LogP contribution is 2.32. The highest BCUT2D eigenvalue weighted by atomic mass is 16.3. The van der Waals surface area contributed by atoms with Crippen molar-refractivity contribution >= 4 is 11.5 Å². The molecule has 4 heteroatoms. The van der Waals surface area contributed by atoms with Crippen molar-refractivity contribution in [1.29, 1.82) is 0 Å². The second kappa shape index (κ2) is 5.57. The zero-order valence-electron chi connectivity index (χ0n) is 11.2. The molecule has 0 amide bonds. The van der Waals surface area contributed by atoms with Crippen molar-refractivity contribution in [1.82, 2.24) is 4.98 Å². The molecule has 0 bridgehead atoms. The SMILES string of the molecule is CNc1cc(NCC2(O)CCC(C)CC2)ccn1. The fourth-order valence-electron chi connectivity index (χ4n) is 2.42. The minimum atomic E-state index is -0.546. The van der Waals surface area contributed by atoms with Crippen molar-refractivity contribution in [3.63, 3.8) is 0 Å². The molecule has 1 aromatic rings. The van der Waals surface area contributed by atoms with Crippen molar-refractivity contribution in [2.45, 2.75) is 38.2 Å². The number of nitrogens with zero attached hydrogens (tertiary/aromatic N) is 1. The van der Waals surface area contributed by atoms with Gasteiger partial charge < -0.3 is 15.7 Å². The van der Waals surface area contributed by atoms with Gasteiger partial charge in [-0.3, -0.25) is 0 Å². The average molecular weight is 249 g/mol. The summed E-state index contributed by atoms with van der Waals surface area (Å²) in [6.45, 7) is 2.88. The topological polar surface area (TPSA) is 57.2 Å². The van der Waals surface area contributed by atoms with Gasteiger partial charge in [0.1, 0.15) is 5.82 Å². The number of nitrogens with one attached hydrogen (secondary N) is 2. The Labute approximate surface area is 109 Å². The largest absolute Gasteiger partial charge is 0.388 e. The number of aliphatic hydroxyl groups is 1. The van der Waals surface area contributed by atoms with Gasteiger partial charge in [0.15, 0.2) is 0 Å². The standard InChI is InChI=1S/C14H23N3O/c1-11-3-6-14(18,7-4-11)10-17-12-5-8-16-13(9-12)15-2/h5,8-9,11,18H,3-4,6-7,10H2,1-2H3,(H2,15,16,17). The number of pyridine rings is 1. The highest BCUT2D eigenvalue weighted by molar-refractivity contribution is 5.51. The molecule has 1 aromatic heterocycles. The third kappa shape index (κ3) is 3.35. The van der Waals surface area contributed by atoms with E-state index in [1.807, 2.05) is 19.2 Å². The Hall–Kier alpha value is -1.29. The van der Waals surface area contributed by atoms with Gasteiger partial charge in [-0.15, -0.1) is 0 Å². The normalized spacial score (nSPS) is 27.8. The van der Waals surface area contributed by atoms with E-state index in [1.54, 1.807) is 6.20 Å². The maximum atomic E-state index is 10.5. The van der Waals surface area contributed by atoms with E-state index in [4.69, 9.17) is 0 Å². The molecule has 2 rings (SSSR count). The number of hydrogen-bond acceptors (Lipinski definition) is 4. The number of aromatic nitrogens is 1. The fraction of sp³-hybridized carbons (Fsp3) is 0.643. The zero-order chi connectivity index (χ0) is 13.0. The summed E-state index contributed by atoms with van der Waals surface area (Å²) in [6, 6.07) is 3.88. The molecule has 0 radical (unpaired) electrons. The minimum absolute atomic E-state index is 0.546. The van der Waals surface area contributed by atoms with Crippen LogP contribution in [0.3, 0.4) is 0 Å². The van der Waals surface area contributed by atoms with E-state index < -0.39 is 5.60 Å². The molecule has 100 valence electrons. The molecule has 0 unspecified atom stereocenters. The number of rotatable bonds is 4. The summed E-state index contributed by atoms with van der Waals surface area (Å²) in [6.07, 6.45) is 5.80. The van der Waals surface area contributed by atoms with Crippen molar-refractivity contribution in [3.05, 3.63) is 18.3 Å². The van der Waals surface area contributed by atoms with Gasteiger partial charge in [0.05, 0.1) is 5.60 Å². The molecule has 0 aliphatic heterocycles. The third-order valence-electron chi connectivity index (χ3n) is 3.84. The van der Waals surface area contributed by atoms with Gasteiger partial charge in [-0.05, 0) is 37.7 Å². The van der Waals surface area contributed by atoms with Crippen molar-refractivity contribution < 1.29 is 5.11 Å². The summed E-state index contributed by atoms with van der Waals surface area (Å²) < 4.78 is 0. The Morgan fingerprint density at radius 3 is 2.83 bits per heavy atom. The van der Waals surface area contributed by atoms with Gasteiger partial charge in [0.2, 0.25) is 0 Å². The smallest absolute Gasteiger partial charge is 0.127 e. The van der Waals surface area contributed by atoms with Crippen LogP contribution >= 0.6 is 0 Å². The molecule has 0 atom stereocenters. The second-order valence-electron chi connectivity index (χ2n) is 5.44. The molecule has 3 N–H and O–H groups in total. The summed E-state index contributed by atoms with van der Waals surface area (Å²) in [5, 5.41) is 16.8. The Morgan fingerprint density at radius 1 is 1.44 bits per heavy atom. The van der Waals surface area contributed by atoms with Crippen LogP contribution in [0.1, 0.15) is 32.6 Å². The maximum absolute atomic E-state index is 10.5. The van der Waals surface area contributed by atoms with Crippen LogP contribution in [0.2, 0.25) is 0 Å². The van der Waals surface area contributed by atoms with Crippen molar-refractivity contribution in [3.8, 4) is 0 Å². The van der Waals surface area contributed by atoms with E-state index in [0.29, 0.717) is 6.54 Å². The molecule has 1 saturated carbocycles. The molecule has 0 spiro atoms. The lowest BCUT2D eigenvalue weighted by Gasteiger charge is -2.35. The fourth-order valence-corrected chi connectivity index (χ4v) is 2.42. The van der Waals surface area contributed by atoms with Gasteiger partial charge in [-0.1, -0.05) is 6.92 Å². The van der Waals surface area contributed by atoms with Crippen LogP contribution in [0.4, 0.5) is 11.5 Å². The summed E-state index contributed by atoms with van der Waals surface area (Å²) in [4.78, 5) is 4.17. The first kappa shape index (κ1) is 13.1. The van der Waals surface area contributed by atoms with E-state index in [1.165, 1.54) is 0 Å². The molecular formula is C14H23N3O. The van der Waals surface area contributed by atoms with E-state index in [0.717, 1.165) is 43.1 Å². The number of hydrogen-bond donors (Lipinski definition) is 3. The lowest BCUT2D eigenvalue weighted by atomic mass is 9.79. The quantitative estimate of drug-likeness (QED) is 0.767. The Kier molecular flexibility index (Phi) is 4.07. The van der Waals surface area contributed by atoms with Crippen LogP contribution in [0.25, 0.3) is 0 Å². The van der Waals surface area contributed by atoms with Gasteiger partial charge in [0, 0.05) is 31.5 Å². The van der Waals surface area contributed by atoms with Crippen molar-refractivity contribution in [2.24, 2.45) is 5.92 Å². The van der Waals surface area contributed by atoms with Crippen molar-refractivity contribution in [2.75, 3.05) is 24.2 Å². The molecule has 1 aliphatic rings. The van der Waals surface area contributed by atoms with Crippen LogP contribution in [0, 0.1) is 5.92 Å². The molecule has 4 nitrogen and oxygen atoms in total. The van der Waals surface area contributed by atoms with E-state index >= 15 is 0 Å². The summed E-state index contributed by atoms with van der Waals surface area (Å²) in [5.41, 5.74) is 0.455. The Morgan fingerprint density at radius 2 is 2.17 bits per heavy atom. The van der Waals surface area contributed by atoms with E-state index in [9.17, 15) is 5.11 Å². The molecular weight excluding hydrogens is 226 g/mol. The van der Waals surface area contributed by atoms with Crippen LogP contribution < -0.4 is 10.6 Å². The average Bonchev–Trinajstić information content (AvgIpc) is 2.41. The van der Waals surface area contributed by atoms with Gasteiger partial charge >= 0.3 is 0 Å². The first-order chi connectivity index (χ1) is 8.61. The summed E-state index contributed by atoms with van der Waals surface area (Å²) in [7, 11) is 1.85. The first-order valence-electron chi connectivity index (χ1n) is 6.71. The van der Waals surface area contributed by atoms with Crippen LogP contribution in [-0.4, -0.2) is 29.3 Å². The lowest BCUT2D eigenvalue weighted by molar-refractivity contribution is 0.00501. The predicted molar refractivity (Wildman–Crippen MR) is 74.9 cm³/mol. The molecule has 0 aromatic carbocycles.